The molecule has 3 nitrogen and oxygen atoms in total. The van der Waals surface area contributed by atoms with Crippen molar-refractivity contribution in [2.24, 2.45) is 0 Å². The number of carbonyl (C=O) groups is 1. The van der Waals surface area contributed by atoms with E-state index in [1.54, 1.807) is 23.1 Å². The van der Waals surface area contributed by atoms with E-state index in [0.29, 0.717) is 18.8 Å². The zero-order valence-corrected chi connectivity index (χ0v) is 11.0. The summed E-state index contributed by atoms with van der Waals surface area (Å²) in [7, 11) is 0. The lowest BCUT2D eigenvalue weighted by molar-refractivity contribution is 0.0719. The Morgan fingerprint density at radius 3 is 2.74 bits per heavy atom. The van der Waals surface area contributed by atoms with Crippen LogP contribution in [0.3, 0.4) is 0 Å². The van der Waals surface area contributed by atoms with Crippen LogP contribution in [0.15, 0.2) is 41.0 Å². The van der Waals surface area contributed by atoms with Crippen molar-refractivity contribution < 1.29 is 13.6 Å². The lowest BCUT2D eigenvalue weighted by Crippen LogP contribution is -2.30. The molecule has 0 N–H and O–H groups in total. The molecule has 0 aliphatic carbocycles. The van der Waals surface area contributed by atoms with Gasteiger partial charge in [-0.05, 0) is 37.6 Å². The average Bonchev–Trinajstić information content (AvgIpc) is 2.81. The number of rotatable bonds is 4. The van der Waals surface area contributed by atoms with Gasteiger partial charge in [0, 0.05) is 18.7 Å². The van der Waals surface area contributed by atoms with Gasteiger partial charge in [-0.1, -0.05) is 12.1 Å². The van der Waals surface area contributed by atoms with Gasteiger partial charge >= 0.3 is 0 Å². The number of furan rings is 1. The first-order valence-electron chi connectivity index (χ1n) is 6.19. The molecule has 0 aliphatic rings. The number of benzene rings is 1. The molecular formula is C15H16FNO2. The van der Waals surface area contributed by atoms with E-state index in [2.05, 4.69) is 0 Å². The maximum Gasteiger partial charge on any atom is 0.290 e. The number of aryl methyl sites for hydroxylation is 1. The van der Waals surface area contributed by atoms with Crippen LogP contribution in [-0.2, 0) is 6.54 Å². The van der Waals surface area contributed by atoms with Crippen LogP contribution in [0.2, 0.25) is 0 Å². The van der Waals surface area contributed by atoms with Crippen LogP contribution in [0.4, 0.5) is 4.39 Å². The fourth-order valence-corrected chi connectivity index (χ4v) is 1.92. The second-order valence-corrected chi connectivity index (χ2v) is 4.38. The minimum absolute atomic E-state index is 0.172. The van der Waals surface area contributed by atoms with Gasteiger partial charge in [0.15, 0.2) is 5.76 Å². The molecule has 0 aliphatic heterocycles. The quantitative estimate of drug-likeness (QED) is 0.845. The van der Waals surface area contributed by atoms with Crippen molar-refractivity contribution in [3.05, 3.63) is 59.3 Å². The summed E-state index contributed by atoms with van der Waals surface area (Å²) in [6.45, 7) is 4.62. The Labute approximate surface area is 111 Å². The molecule has 4 heteroatoms. The maximum absolute atomic E-state index is 13.1. The molecule has 1 heterocycles. The van der Waals surface area contributed by atoms with Crippen LogP contribution in [0.25, 0.3) is 0 Å². The fraction of sp³-hybridized carbons (Fsp3) is 0.267. The lowest BCUT2D eigenvalue weighted by Gasteiger charge is -2.20. The van der Waals surface area contributed by atoms with Crippen molar-refractivity contribution >= 4 is 5.91 Å². The third-order valence-electron chi connectivity index (χ3n) is 2.99. The number of hydrogen-bond donors (Lipinski definition) is 0. The standard InChI is InChI=1S/C15H16FNO2/c1-3-17(10-12-5-4-6-13(16)9-12)15(18)14-11(2)7-8-19-14/h4-9H,3,10H2,1-2H3. The number of hydrogen-bond acceptors (Lipinski definition) is 2. The predicted octanol–water partition coefficient (Wildman–Crippen LogP) is 3.39. The van der Waals surface area contributed by atoms with Crippen molar-refractivity contribution in [2.45, 2.75) is 20.4 Å². The largest absolute Gasteiger partial charge is 0.459 e. The molecule has 0 saturated heterocycles. The molecule has 100 valence electrons. The molecule has 1 aromatic heterocycles. The van der Waals surface area contributed by atoms with E-state index < -0.39 is 0 Å². The third-order valence-corrected chi connectivity index (χ3v) is 2.99. The van der Waals surface area contributed by atoms with Gasteiger partial charge in [-0.2, -0.15) is 0 Å². The molecule has 0 spiro atoms. The van der Waals surface area contributed by atoms with Crippen LogP contribution >= 0.6 is 0 Å². The van der Waals surface area contributed by atoms with Gasteiger partial charge in [0.2, 0.25) is 0 Å². The zero-order chi connectivity index (χ0) is 13.8. The van der Waals surface area contributed by atoms with E-state index in [-0.39, 0.29) is 11.7 Å². The molecular weight excluding hydrogens is 245 g/mol. The molecule has 1 amide bonds. The Morgan fingerprint density at radius 2 is 2.16 bits per heavy atom. The molecule has 0 unspecified atom stereocenters. The molecule has 2 rings (SSSR count). The lowest BCUT2D eigenvalue weighted by atomic mass is 10.2. The first-order chi connectivity index (χ1) is 9.11. The summed E-state index contributed by atoms with van der Waals surface area (Å²) in [6.07, 6.45) is 1.50. The van der Waals surface area contributed by atoms with Gasteiger partial charge in [-0.25, -0.2) is 4.39 Å². The highest BCUT2D eigenvalue weighted by Gasteiger charge is 2.19. The maximum atomic E-state index is 13.1. The highest BCUT2D eigenvalue weighted by atomic mass is 19.1. The van der Waals surface area contributed by atoms with Crippen molar-refractivity contribution in [2.75, 3.05) is 6.54 Å². The van der Waals surface area contributed by atoms with Crippen LogP contribution < -0.4 is 0 Å². The van der Waals surface area contributed by atoms with Crippen molar-refractivity contribution in [1.82, 2.24) is 4.90 Å². The number of amides is 1. The first-order valence-corrected chi connectivity index (χ1v) is 6.19. The molecule has 0 saturated carbocycles. The van der Waals surface area contributed by atoms with E-state index in [4.69, 9.17) is 4.42 Å². The van der Waals surface area contributed by atoms with Crippen LogP contribution in [0, 0.1) is 12.7 Å². The summed E-state index contributed by atoms with van der Waals surface area (Å²) in [5, 5.41) is 0. The van der Waals surface area contributed by atoms with Gasteiger partial charge in [-0.15, -0.1) is 0 Å². The molecule has 0 bridgehead atoms. The monoisotopic (exact) mass is 261 g/mol. The minimum atomic E-state index is -0.296. The van der Waals surface area contributed by atoms with Crippen molar-refractivity contribution in [1.29, 1.82) is 0 Å². The average molecular weight is 261 g/mol. The van der Waals surface area contributed by atoms with Gasteiger partial charge in [0.05, 0.1) is 6.26 Å². The molecule has 1 aromatic carbocycles. The Hall–Kier alpha value is -2.10. The molecule has 0 radical (unpaired) electrons. The zero-order valence-electron chi connectivity index (χ0n) is 11.0. The van der Waals surface area contributed by atoms with Gasteiger partial charge in [0.1, 0.15) is 5.82 Å². The number of nitrogens with zero attached hydrogens (tertiary/aromatic N) is 1. The van der Waals surface area contributed by atoms with Crippen LogP contribution in [0.5, 0.6) is 0 Å². The molecule has 2 aromatic rings. The molecule has 19 heavy (non-hydrogen) atoms. The Kier molecular flexibility index (Phi) is 4.00. The summed E-state index contributed by atoms with van der Waals surface area (Å²) in [6, 6.07) is 8.02. The first kappa shape index (κ1) is 13.3. The van der Waals surface area contributed by atoms with Crippen molar-refractivity contribution in [3.63, 3.8) is 0 Å². The summed E-state index contributed by atoms with van der Waals surface area (Å²) >= 11 is 0. The van der Waals surface area contributed by atoms with Crippen LogP contribution in [0.1, 0.15) is 28.6 Å². The minimum Gasteiger partial charge on any atom is -0.459 e. The molecule has 0 atom stereocenters. The van der Waals surface area contributed by atoms with Gasteiger partial charge in [0.25, 0.3) is 5.91 Å². The smallest absolute Gasteiger partial charge is 0.290 e. The highest BCUT2D eigenvalue weighted by molar-refractivity contribution is 5.92. The second-order valence-electron chi connectivity index (χ2n) is 4.38. The topological polar surface area (TPSA) is 33.5 Å². The van der Waals surface area contributed by atoms with E-state index in [9.17, 15) is 9.18 Å². The Bertz CT molecular complexity index is 577. The Morgan fingerprint density at radius 1 is 1.37 bits per heavy atom. The normalized spacial score (nSPS) is 10.5. The third kappa shape index (κ3) is 3.02. The fourth-order valence-electron chi connectivity index (χ4n) is 1.92. The predicted molar refractivity (Wildman–Crippen MR) is 70.3 cm³/mol. The SMILES string of the molecule is CCN(Cc1cccc(F)c1)C(=O)c1occc1C. The van der Waals surface area contributed by atoms with Gasteiger partial charge < -0.3 is 9.32 Å². The second kappa shape index (κ2) is 5.69. The van der Waals surface area contributed by atoms with E-state index in [1.807, 2.05) is 13.8 Å². The van der Waals surface area contributed by atoms with Crippen LogP contribution in [-0.4, -0.2) is 17.4 Å². The summed E-state index contributed by atoms with van der Waals surface area (Å²) < 4.78 is 18.3. The van der Waals surface area contributed by atoms with E-state index in [0.717, 1.165) is 11.1 Å². The summed E-state index contributed by atoms with van der Waals surface area (Å²) in [5.74, 6) is -0.123. The summed E-state index contributed by atoms with van der Waals surface area (Å²) in [5.41, 5.74) is 1.57. The summed E-state index contributed by atoms with van der Waals surface area (Å²) in [4.78, 5) is 13.9. The molecule has 0 fully saturated rings. The van der Waals surface area contributed by atoms with E-state index in [1.165, 1.54) is 18.4 Å². The number of carbonyl (C=O) groups excluding carboxylic acids is 1. The Balaban J connectivity index is 2.17. The number of halogens is 1. The highest BCUT2D eigenvalue weighted by Crippen LogP contribution is 2.15. The van der Waals surface area contributed by atoms with Crippen molar-refractivity contribution in [3.8, 4) is 0 Å². The van der Waals surface area contributed by atoms with Gasteiger partial charge in [-0.3, -0.25) is 4.79 Å². The van der Waals surface area contributed by atoms with E-state index >= 15 is 0 Å².